The highest BCUT2D eigenvalue weighted by molar-refractivity contribution is 14.0. The molecule has 0 fully saturated rings. The summed E-state index contributed by atoms with van der Waals surface area (Å²) in [6, 6.07) is 6.21. The minimum absolute atomic E-state index is 0. The number of aryl methyl sites for hydroxylation is 1. The molecule has 0 saturated carbocycles. The number of guanidine groups is 1. The minimum Gasteiger partial charge on any atom is -0.496 e. The molecule has 0 atom stereocenters. The van der Waals surface area contributed by atoms with Crippen molar-refractivity contribution in [1.82, 2.24) is 10.6 Å². The number of hydrogen-bond donors (Lipinski definition) is 2. The Hall–Kier alpha value is -0.980. The molecule has 0 aliphatic heterocycles. The molecule has 1 rings (SSSR count). The summed E-state index contributed by atoms with van der Waals surface area (Å²) in [5, 5.41) is 6.64. The van der Waals surface area contributed by atoms with E-state index < -0.39 is 0 Å². The van der Waals surface area contributed by atoms with E-state index in [0.717, 1.165) is 36.8 Å². The molecular formula is C17H30IN3O. The first-order chi connectivity index (χ1) is 10.1. The maximum atomic E-state index is 5.42. The highest BCUT2D eigenvalue weighted by Gasteiger charge is 2.04. The van der Waals surface area contributed by atoms with Crippen molar-refractivity contribution in [3.8, 4) is 5.75 Å². The number of halogens is 1. The molecule has 1 aromatic carbocycles. The lowest BCUT2D eigenvalue weighted by Crippen LogP contribution is -2.38. The Kier molecular flexibility index (Phi) is 11.1. The van der Waals surface area contributed by atoms with Crippen LogP contribution in [-0.2, 0) is 6.54 Å². The third-order valence-electron chi connectivity index (χ3n) is 3.21. The fraction of sp³-hybridized carbons (Fsp3) is 0.588. The predicted octanol–water partition coefficient (Wildman–Crippen LogP) is 3.72. The third-order valence-corrected chi connectivity index (χ3v) is 3.21. The van der Waals surface area contributed by atoms with Crippen LogP contribution in [0.25, 0.3) is 0 Å². The van der Waals surface area contributed by atoms with Crippen LogP contribution in [0.1, 0.15) is 38.3 Å². The zero-order chi connectivity index (χ0) is 15.7. The second-order valence-electron chi connectivity index (χ2n) is 5.62. The van der Waals surface area contributed by atoms with Crippen LogP contribution in [0.15, 0.2) is 23.2 Å². The first-order valence-corrected chi connectivity index (χ1v) is 7.72. The maximum Gasteiger partial charge on any atom is 0.191 e. The molecule has 0 unspecified atom stereocenters. The molecular weight excluding hydrogens is 389 g/mol. The zero-order valence-electron chi connectivity index (χ0n) is 14.4. The average molecular weight is 419 g/mol. The number of nitrogens with zero attached hydrogens (tertiary/aromatic N) is 1. The van der Waals surface area contributed by atoms with Crippen LogP contribution in [0.3, 0.4) is 0 Å². The van der Waals surface area contributed by atoms with E-state index >= 15 is 0 Å². The van der Waals surface area contributed by atoms with Gasteiger partial charge in [0.1, 0.15) is 5.75 Å². The van der Waals surface area contributed by atoms with Crippen molar-refractivity contribution in [1.29, 1.82) is 0 Å². The summed E-state index contributed by atoms with van der Waals surface area (Å²) in [6.07, 6.45) is 1.14. The van der Waals surface area contributed by atoms with E-state index in [1.54, 1.807) is 7.11 Å². The van der Waals surface area contributed by atoms with Gasteiger partial charge in [0.2, 0.25) is 0 Å². The minimum atomic E-state index is 0. The van der Waals surface area contributed by atoms with Gasteiger partial charge in [-0.3, -0.25) is 0 Å². The van der Waals surface area contributed by atoms with Gasteiger partial charge in [0.15, 0.2) is 5.96 Å². The summed E-state index contributed by atoms with van der Waals surface area (Å²) in [7, 11) is 1.70. The SMILES string of the molecule is CCNC(=NCc1ccc(C)cc1OC)NCCC(C)C.I. The van der Waals surface area contributed by atoms with Gasteiger partial charge in [-0.15, -0.1) is 24.0 Å². The van der Waals surface area contributed by atoms with Gasteiger partial charge in [0, 0.05) is 18.7 Å². The van der Waals surface area contributed by atoms with Crippen LogP contribution in [0.2, 0.25) is 0 Å². The summed E-state index contributed by atoms with van der Waals surface area (Å²) < 4.78 is 5.42. The van der Waals surface area contributed by atoms with Crippen LogP contribution in [-0.4, -0.2) is 26.2 Å². The standard InChI is InChI=1S/C17H29N3O.HI/c1-6-18-17(19-10-9-13(2)3)20-12-15-8-7-14(4)11-16(15)21-5;/h7-8,11,13H,6,9-10,12H2,1-5H3,(H2,18,19,20);1H. The average Bonchev–Trinajstić information content (AvgIpc) is 2.45. The number of methoxy groups -OCH3 is 1. The van der Waals surface area contributed by atoms with Gasteiger partial charge >= 0.3 is 0 Å². The molecule has 22 heavy (non-hydrogen) atoms. The number of benzene rings is 1. The molecule has 126 valence electrons. The van der Waals surface area contributed by atoms with Gasteiger partial charge in [-0.1, -0.05) is 26.0 Å². The molecule has 0 bridgehead atoms. The van der Waals surface area contributed by atoms with Crippen molar-refractivity contribution in [2.45, 2.75) is 40.7 Å². The van der Waals surface area contributed by atoms with Crippen molar-refractivity contribution < 1.29 is 4.74 Å². The Morgan fingerprint density at radius 2 is 2.00 bits per heavy atom. The fourth-order valence-corrected chi connectivity index (χ4v) is 1.97. The largest absolute Gasteiger partial charge is 0.496 e. The lowest BCUT2D eigenvalue weighted by Gasteiger charge is -2.13. The molecule has 0 spiro atoms. The van der Waals surface area contributed by atoms with Crippen LogP contribution in [0.4, 0.5) is 0 Å². The molecule has 0 aliphatic rings. The van der Waals surface area contributed by atoms with Crippen molar-refractivity contribution in [2.24, 2.45) is 10.9 Å². The van der Waals surface area contributed by atoms with Crippen LogP contribution in [0, 0.1) is 12.8 Å². The molecule has 0 saturated heterocycles. The number of ether oxygens (including phenoxy) is 1. The van der Waals surface area contributed by atoms with Gasteiger partial charge < -0.3 is 15.4 Å². The second-order valence-corrected chi connectivity index (χ2v) is 5.62. The normalized spacial score (nSPS) is 11.1. The first kappa shape index (κ1) is 21.0. The Bertz CT molecular complexity index is 461. The van der Waals surface area contributed by atoms with E-state index in [0.29, 0.717) is 12.5 Å². The molecule has 0 amide bonds. The highest BCUT2D eigenvalue weighted by Crippen LogP contribution is 2.20. The lowest BCUT2D eigenvalue weighted by molar-refractivity contribution is 0.409. The van der Waals surface area contributed by atoms with E-state index in [2.05, 4.69) is 55.5 Å². The van der Waals surface area contributed by atoms with Crippen molar-refractivity contribution in [2.75, 3.05) is 20.2 Å². The quantitative estimate of drug-likeness (QED) is 0.402. The number of aliphatic imine (C=N–C) groups is 1. The smallest absolute Gasteiger partial charge is 0.191 e. The number of rotatable bonds is 7. The van der Waals surface area contributed by atoms with Gasteiger partial charge in [-0.2, -0.15) is 0 Å². The Balaban J connectivity index is 0.00000441. The monoisotopic (exact) mass is 419 g/mol. The Labute approximate surface area is 152 Å². The van der Waals surface area contributed by atoms with E-state index in [-0.39, 0.29) is 24.0 Å². The van der Waals surface area contributed by atoms with E-state index in [9.17, 15) is 0 Å². The molecule has 5 heteroatoms. The molecule has 1 aromatic rings. The summed E-state index contributed by atoms with van der Waals surface area (Å²) in [5.74, 6) is 2.45. The van der Waals surface area contributed by atoms with Crippen molar-refractivity contribution >= 4 is 29.9 Å². The molecule has 2 N–H and O–H groups in total. The number of nitrogens with one attached hydrogen (secondary N) is 2. The van der Waals surface area contributed by atoms with E-state index in [1.807, 2.05) is 6.07 Å². The zero-order valence-corrected chi connectivity index (χ0v) is 16.7. The molecule has 0 aliphatic carbocycles. The summed E-state index contributed by atoms with van der Waals surface area (Å²) in [6.45, 7) is 11.0. The van der Waals surface area contributed by atoms with Crippen LogP contribution < -0.4 is 15.4 Å². The lowest BCUT2D eigenvalue weighted by atomic mass is 10.1. The van der Waals surface area contributed by atoms with Crippen molar-refractivity contribution in [3.05, 3.63) is 29.3 Å². The topological polar surface area (TPSA) is 45.7 Å². The Morgan fingerprint density at radius 3 is 2.59 bits per heavy atom. The molecule has 4 nitrogen and oxygen atoms in total. The van der Waals surface area contributed by atoms with Gasteiger partial charge in [-0.05, 0) is 37.8 Å². The summed E-state index contributed by atoms with van der Waals surface area (Å²) >= 11 is 0. The van der Waals surface area contributed by atoms with Crippen LogP contribution in [0.5, 0.6) is 5.75 Å². The fourth-order valence-electron chi connectivity index (χ4n) is 1.97. The van der Waals surface area contributed by atoms with Gasteiger partial charge in [0.25, 0.3) is 0 Å². The second kappa shape index (κ2) is 11.6. The van der Waals surface area contributed by atoms with Crippen molar-refractivity contribution in [3.63, 3.8) is 0 Å². The van der Waals surface area contributed by atoms with Gasteiger partial charge in [0.05, 0.1) is 13.7 Å². The maximum absolute atomic E-state index is 5.42. The highest BCUT2D eigenvalue weighted by atomic mass is 127. The molecule has 0 heterocycles. The third kappa shape index (κ3) is 7.87. The first-order valence-electron chi connectivity index (χ1n) is 7.72. The predicted molar refractivity (Wildman–Crippen MR) is 105 cm³/mol. The van der Waals surface area contributed by atoms with E-state index in [4.69, 9.17) is 4.74 Å². The van der Waals surface area contributed by atoms with E-state index in [1.165, 1.54) is 5.56 Å². The summed E-state index contributed by atoms with van der Waals surface area (Å²) in [4.78, 5) is 4.63. The Morgan fingerprint density at radius 1 is 1.27 bits per heavy atom. The summed E-state index contributed by atoms with van der Waals surface area (Å²) in [5.41, 5.74) is 2.30. The number of hydrogen-bond acceptors (Lipinski definition) is 2. The molecule has 0 radical (unpaired) electrons. The van der Waals surface area contributed by atoms with Crippen LogP contribution >= 0.6 is 24.0 Å². The molecule has 0 aromatic heterocycles. The van der Waals surface area contributed by atoms with Gasteiger partial charge in [-0.25, -0.2) is 4.99 Å².